The van der Waals surface area contributed by atoms with Crippen LogP contribution < -0.4 is 5.32 Å². The SMILES string of the molecule is O=C(NC1CCc2ccccc2CC1=O)c1cc(Cc2ccccc2)on1. The second-order valence-corrected chi connectivity index (χ2v) is 6.82. The molecule has 0 bridgehead atoms. The average Bonchev–Trinajstić information content (AvgIpc) is 3.09. The minimum atomic E-state index is -0.501. The number of ketones is 1. The zero-order valence-corrected chi connectivity index (χ0v) is 14.9. The van der Waals surface area contributed by atoms with Crippen molar-refractivity contribution in [2.45, 2.75) is 31.7 Å². The second-order valence-electron chi connectivity index (χ2n) is 6.82. The number of hydrogen-bond acceptors (Lipinski definition) is 4. The van der Waals surface area contributed by atoms with Crippen LogP contribution in [0.4, 0.5) is 0 Å². The highest BCUT2D eigenvalue weighted by Crippen LogP contribution is 2.19. The first kappa shape index (κ1) is 17.2. The van der Waals surface area contributed by atoms with Crippen LogP contribution in [0, 0.1) is 0 Å². The molecule has 5 heteroatoms. The van der Waals surface area contributed by atoms with Gasteiger partial charge in [0.2, 0.25) is 0 Å². The molecule has 0 fully saturated rings. The number of benzene rings is 2. The summed E-state index contributed by atoms with van der Waals surface area (Å²) in [6, 6.07) is 18.9. The Hall–Kier alpha value is -3.21. The minimum absolute atomic E-state index is 0.0290. The molecular formula is C22H20N2O3. The molecule has 1 N–H and O–H groups in total. The molecule has 0 saturated heterocycles. The highest BCUT2D eigenvalue weighted by molar-refractivity contribution is 5.97. The van der Waals surface area contributed by atoms with Crippen LogP contribution in [0.5, 0.6) is 0 Å². The van der Waals surface area contributed by atoms with E-state index in [9.17, 15) is 9.59 Å². The lowest BCUT2D eigenvalue weighted by Gasteiger charge is -2.13. The molecule has 3 aromatic rings. The fourth-order valence-corrected chi connectivity index (χ4v) is 3.43. The zero-order chi connectivity index (χ0) is 18.6. The molecule has 27 heavy (non-hydrogen) atoms. The van der Waals surface area contributed by atoms with Gasteiger partial charge in [-0.3, -0.25) is 9.59 Å². The van der Waals surface area contributed by atoms with Crippen molar-refractivity contribution >= 4 is 11.7 Å². The molecule has 5 nitrogen and oxygen atoms in total. The molecule has 1 heterocycles. The van der Waals surface area contributed by atoms with Gasteiger partial charge in [-0.1, -0.05) is 59.8 Å². The van der Waals surface area contributed by atoms with Gasteiger partial charge in [-0.05, 0) is 29.5 Å². The van der Waals surface area contributed by atoms with Gasteiger partial charge in [0.05, 0.1) is 6.04 Å². The van der Waals surface area contributed by atoms with E-state index in [1.165, 1.54) is 5.56 Å². The lowest BCUT2D eigenvalue weighted by atomic mass is 10.0. The highest BCUT2D eigenvalue weighted by Gasteiger charge is 2.26. The van der Waals surface area contributed by atoms with Gasteiger partial charge in [-0.2, -0.15) is 0 Å². The maximum Gasteiger partial charge on any atom is 0.274 e. The van der Waals surface area contributed by atoms with Crippen molar-refractivity contribution in [1.82, 2.24) is 10.5 Å². The molecule has 2 aromatic carbocycles. The lowest BCUT2D eigenvalue weighted by molar-refractivity contribution is -0.120. The Bertz CT molecular complexity index is 962. The van der Waals surface area contributed by atoms with Crippen LogP contribution in [-0.4, -0.2) is 22.9 Å². The predicted octanol–water partition coefficient (Wildman–Crippen LogP) is 3.12. The summed E-state index contributed by atoms with van der Waals surface area (Å²) < 4.78 is 5.29. The number of carbonyl (C=O) groups is 2. The van der Waals surface area contributed by atoms with Gasteiger partial charge in [0.25, 0.3) is 5.91 Å². The first-order valence-corrected chi connectivity index (χ1v) is 9.09. The number of amides is 1. The van der Waals surface area contributed by atoms with Crippen molar-refractivity contribution in [3.05, 3.63) is 88.8 Å². The average molecular weight is 360 g/mol. The molecule has 1 aromatic heterocycles. The zero-order valence-electron chi connectivity index (χ0n) is 14.9. The van der Waals surface area contributed by atoms with Crippen LogP contribution in [0.25, 0.3) is 0 Å². The molecule has 1 unspecified atom stereocenters. The summed E-state index contributed by atoms with van der Waals surface area (Å²) in [4.78, 5) is 25.1. The van der Waals surface area contributed by atoms with Crippen LogP contribution in [0.1, 0.15) is 39.4 Å². The normalized spacial score (nSPS) is 16.4. The fraction of sp³-hybridized carbons (Fsp3) is 0.227. The number of aryl methyl sites for hydroxylation is 1. The van der Waals surface area contributed by atoms with E-state index in [1.807, 2.05) is 54.6 Å². The number of carbonyl (C=O) groups excluding carboxylic acids is 2. The Morgan fingerprint density at radius 3 is 2.63 bits per heavy atom. The van der Waals surface area contributed by atoms with E-state index in [0.29, 0.717) is 25.0 Å². The summed E-state index contributed by atoms with van der Waals surface area (Å²) in [5, 5.41) is 6.69. The van der Waals surface area contributed by atoms with E-state index in [0.717, 1.165) is 17.5 Å². The second kappa shape index (κ2) is 7.58. The number of aromatic nitrogens is 1. The maximum absolute atomic E-state index is 12.5. The van der Waals surface area contributed by atoms with Crippen molar-refractivity contribution < 1.29 is 14.1 Å². The summed E-state index contributed by atoms with van der Waals surface area (Å²) in [6.45, 7) is 0. The quantitative estimate of drug-likeness (QED) is 0.726. The van der Waals surface area contributed by atoms with E-state index in [-0.39, 0.29) is 17.4 Å². The van der Waals surface area contributed by atoms with Gasteiger partial charge in [-0.25, -0.2) is 0 Å². The van der Waals surface area contributed by atoms with Crippen molar-refractivity contribution in [3.63, 3.8) is 0 Å². The standard InChI is InChI=1S/C22H20N2O3/c25-21-13-17-9-5-4-8-16(17)10-11-19(21)23-22(26)20-14-18(27-24-20)12-15-6-2-1-3-7-15/h1-9,14,19H,10-13H2,(H,23,26). The Morgan fingerprint density at radius 1 is 1.07 bits per heavy atom. The van der Waals surface area contributed by atoms with Crippen molar-refractivity contribution in [3.8, 4) is 0 Å². The van der Waals surface area contributed by atoms with Gasteiger partial charge in [0.15, 0.2) is 11.5 Å². The van der Waals surface area contributed by atoms with Crippen LogP contribution in [0.2, 0.25) is 0 Å². The number of Topliss-reactive ketones (excluding diaryl/α,β-unsaturated/α-hetero) is 1. The molecule has 0 aliphatic heterocycles. The van der Waals surface area contributed by atoms with Gasteiger partial charge in [-0.15, -0.1) is 0 Å². The highest BCUT2D eigenvalue weighted by atomic mass is 16.5. The Morgan fingerprint density at radius 2 is 1.81 bits per heavy atom. The van der Waals surface area contributed by atoms with Crippen molar-refractivity contribution in [2.24, 2.45) is 0 Å². The third kappa shape index (κ3) is 3.97. The summed E-state index contributed by atoms with van der Waals surface area (Å²) in [6.07, 6.45) is 2.28. The molecule has 1 aliphatic carbocycles. The molecule has 1 aliphatic rings. The summed E-state index contributed by atoms with van der Waals surface area (Å²) in [5.41, 5.74) is 3.51. The molecule has 136 valence electrons. The fourth-order valence-electron chi connectivity index (χ4n) is 3.43. The number of rotatable bonds is 4. The van der Waals surface area contributed by atoms with E-state index in [4.69, 9.17) is 4.52 Å². The minimum Gasteiger partial charge on any atom is -0.360 e. The monoisotopic (exact) mass is 360 g/mol. The third-order valence-electron chi connectivity index (χ3n) is 4.89. The maximum atomic E-state index is 12.5. The first-order chi connectivity index (χ1) is 13.2. The number of hydrogen-bond donors (Lipinski definition) is 1. The lowest BCUT2D eigenvalue weighted by Crippen LogP contribution is -2.41. The third-order valence-corrected chi connectivity index (χ3v) is 4.89. The van der Waals surface area contributed by atoms with Crippen LogP contribution in [0.15, 0.2) is 65.2 Å². The topological polar surface area (TPSA) is 72.2 Å². The van der Waals surface area contributed by atoms with Gasteiger partial charge < -0.3 is 9.84 Å². The smallest absolute Gasteiger partial charge is 0.274 e. The summed E-state index contributed by atoms with van der Waals surface area (Å²) >= 11 is 0. The summed E-state index contributed by atoms with van der Waals surface area (Å²) in [7, 11) is 0. The molecule has 4 rings (SSSR count). The number of fused-ring (bicyclic) bond motifs is 1. The molecule has 0 saturated carbocycles. The van der Waals surface area contributed by atoms with Crippen LogP contribution in [-0.2, 0) is 24.1 Å². The Balaban J connectivity index is 1.41. The van der Waals surface area contributed by atoms with Gasteiger partial charge in [0, 0.05) is 18.9 Å². The number of nitrogens with zero attached hydrogens (tertiary/aromatic N) is 1. The van der Waals surface area contributed by atoms with E-state index in [2.05, 4.69) is 10.5 Å². The Labute approximate surface area is 157 Å². The van der Waals surface area contributed by atoms with Crippen LogP contribution in [0.3, 0.4) is 0 Å². The molecule has 1 amide bonds. The largest absolute Gasteiger partial charge is 0.360 e. The van der Waals surface area contributed by atoms with Crippen LogP contribution >= 0.6 is 0 Å². The van der Waals surface area contributed by atoms with E-state index in [1.54, 1.807) is 6.07 Å². The van der Waals surface area contributed by atoms with Gasteiger partial charge in [0.1, 0.15) is 5.76 Å². The number of nitrogens with one attached hydrogen (secondary N) is 1. The summed E-state index contributed by atoms with van der Waals surface area (Å²) in [5.74, 6) is 0.273. The van der Waals surface area contributed by atoms with E-state index >= 15 is 0 Å². The van der Waals surface area contributed by atoms with Gasteiger partial charge >= 0.3 is 0 Å². The molecule has 1 atom stereocenters. The molecular weight excluding hydrogens is 340 g/mol. The van der Waals surface area contributed by atoms with Crippen molar-refractivity contribution in [1.29, 1.82) is 0 Å². The Kier molecular flexibility index (Phi) is 4.83. The molecule has 0 spiro atoms. The predicted molar refractivity (Wildman–Crippen MR) is 100 cm³/mol. The first-order valence-electron chi connectivity index (χ1n) is 9.09. The van der Waals surface area contributed by atoms with E-state index < -0.39 is 6.04 Å². The van der Waals surface area contributed by atoms with Crippen molar-refractivity contribution in [2.75, 3.05) is 0 Å². The molecule has 0 radical (unpaired) electrons.